The number of hydrogen-bond acceptors (Lipinski definition) is 4. The van der Waals surface area contributed by atoms with Gasteiger partial charge in [-0.2, -0.15) is 5.26 Å². The Morgan fingerprint density at radius 2 is 2.40 bits per heavy atom. The van der Waals surface area contributed by atoms with E-state index in [2.05, 4.69) is 6.58 Å². The SMILES string of the molecule is C=CCOc1ccc(C#N)cc1[N+](=O)[O-]. The smallest absolute Gasteiger partial charge is 0.312 e. The maximum atomic E-state index is 10.6. The highest BCUT2D eigenvalue weighted by molar-refractivity contribution is 5.51. The lowest BCUT2D eigenvalue weighted by molar-refractivity contribution is -0.385. The van der Waals surface area contributed by atoms with E-state index in [1.54, 1.807) is 0 Å². The molecule has 5 nitrogen and oxygen atoms in total. The maximum Gasteiger partial charge on any atom is 0.312 e. The van der Waals surface area contributed by atoms with Gasteiger partial charge in [-0.15, -0.1) is 0 Å². The van der Waals surface area contributed by atoms with Gasteiger partial charge >= 0.3 is 5.69 Å². The highest BCUT2D eigenvalue weighted by Crippen LogP contribution is 2.27. The Morgan fingerprint density at radius 1 is 1.67 bits per heavy atom. The van der Waals surface area contributed by atoms with Crippen molar-refractivity contribution in [3.05, 3.63) is 46.5 Å². The van der Waals surface area contributed by atoms with E-state index >= 15 is 0 Å². The fraction of sp³-hybridized carbons (Fsp3) is 0.100. The van der Waals surface area contributed by atoms with Crippen LogP contribution >= 0.6 is 0 Å². The minimum atomic E-state index is -0.584. The molecule has 0 spiro atoms. The molecule has 1 rings (SSSR count). The van der Waals surface area contributed by atoms with E-state index in [4.69, 9.17) is 10.00 Å². The van der Waals surface area contributed by atoms with E-state index in [0.717, 1.165) is 0 Å². The lowest BCUT2D eigenvalue weighted by atomic mass is 10.2. The van der Waals surface area contributed by atoms with E-state index in [-0.39, 0.29) is 23.6 Å². The zero-order valence-corrected chi connectivity index (χ0v) is 7.84. The molecule has 0 aliphatic heterocycles. The second-order valence-corrected chi connectivity index (χ2v) is 2.65. The molecule has 1 aromatic rings. The standard InChI is InChI=1S/C10H8N2O3/c1-2-5-15-10-4-3-8(7-11)6-9(10)12(13)14/h2-4,6H,1,5H2. The third-order valence-electron chi connectivity index (χ3n) is 1.64. The Kier molecular flexibility index (Phi) is 3.41. The number of benzene rings is 1. The van der Waals surface area contributed by atoms with Gasteiger partial charge in [0.15, 0.2) is 5.75 Å². The normalized spacial score (nSPS) is 9.00. The summed E-state index contributed by atoms with van der Waals surface area (Å²) in [5.41, 5.74) is 0.0172. The van der Waals surface area contributed by atoms with Crippen LogP contribution in [0.1, 0.15) is 5.56 Å². The average molecular weight is 204 g/mol. The summed E-state index contributed by atoms with van der Waals surface area (Å²) in [6.07, 6.45) is 1.49. The zero-order valence-electron chi connectivity index (χ0n) is 7.84. The van der Waals surface area contributed by atoms with Crippen LogP contribution < -0.4 is 4.74 Å². The average Bonchev–Trinajstić information content (AvgIpc) is 2.26. The molecule has 15 heavy (non-hydrogen) atoms. The van der Waals surface area contributed by atoms with E-state index in [9.17, 15) is 10.1 Å². The number of nitro benzene ring substituents is 1. The molecule has 0 radical (unpaired) electrons. The van der Waals surface area contributed by atoms with Gasteiger partial charge in [0.25, 0.3) is 0 Å². The Morgan fingerprint density at radius 3 is 2.93 bits per heavy atom. The number of ether oxygens (including phenoxy) is 1. The molecule has 1 aromatic carbocycles. The quantitative estimate of drug-likeness (QED) is 0.427. The lowest BCUT2D eigenvalue weighted by Crippen LogP contribution is -1.98. The van der Waals surface area contributed by atoms with Crippen LogP contribution in [0.5, 0.6) is 5.75 Å². The van der Waals surface area contributed by atoms with Gasteiger partial charge in [-0.1, -0.05) is 12.7 Å². The zero-order chi connectivity index (χ0) is 11.3. The second kappa shape index (κ2) is 4.77. The van der Waals surface area contributed by atoms with E-state index in [1.807, 2.05) is 6.07 Å². The van der Waals surface area contributed by atoms with Gasteiger partial charge in [-0.3, -0.25) is 10.1 Å². The van der Waals surface area contributed by atoms with Crippen LogP contribution in [0.4, 0.5) is 5.69 Å². The number of nitrogens with zero attached hydrogens (tertiary/aromatic N) is 2. The van der Waals surface area contributed by atoms with E-state index in [1.165, 1.54) is 24.3 Å². The summed E-state index contributed by atoms with van der Waals surface area (Å²) in [6, 6.07) is 5.87. The number of nitriles is 1. The van der Waals surface area contributed by atoms with Gasteiger partial charge in [0.05, 0.1) is 16.6 Å². The summed E-state index contributed by atoms with van der Waals surface area (Å²) < 4.78 is 5.08. The fourth-order valence-corrected chi connectivity index (χ4v) is 1.00. The summed E-state index contributed by atoms with van der Waals surface area (Å²) >= 11 is 0. The molecule has 0 amide bonds. The third kappa shape index (κ3) is 2.54. The van der Waals surface area contributed by atoms with Crippen molar-refractivity contribution in [2.45, 2.75) is 0 Å². The highest BCUT2D eigenvalue weighted by Gasteiger charge is 2.15. The molecule has 0 unspecified atom stereocenters. The van der Waals surface area contributed by atoms with Crippen LogP contribution in [0.15, 0.2) is 30.9 Å². The number of rotatable bonds is 4. The van der Waals surface area contributed by atoms with Crippen LogP contribution in [0, 0.1) is 21.4 Å². The molecule has 0 N–H and O–H groups in total. The summed E-state index contributed by atoms with van der Waals surface area (Å²) in [7, 11) is 0. The molecular formula is C10H8N2O3. The highest BCUT2D eigenvalue weighted by atomic mass is 16.6. The van der Waals surface area contributed by atoms with Crippen molar-refractivity contribution in [1.82, 2.24) is 0 Å². The Bertz CT molecular complexity index is 435. The molecule has 0 aliphatic rings. The molecule has 0 fully saturated rings. The van der Waals surface area contributed by atoms with Crippen LogP contribution in [-0.2, 0) is 0 Å². The van der Waals surface area contributed by atoms with Gasteiger partial charge in [0, 0.05) is 6.07 Å². The predicted octanol–water partition coefficient (Wildman–Crippen LogP) is 2.03. The van der Waals surface area contributed by atoms with E-state index in [0.29, 0.717) is 0 Å². The van der Waals surface area contributed by atoms with Gasteiger partial charge in [-0.25, -0.2) is 0 Å². The summed E-state index contributed by atoms with van der Waals surface area (Å²) in [4.78, 5) is 10.1. The summed E-state index contributed by atoms with van der Waals surface area (Å²) in [5.74, 6) is 0.138. The molecule has 5 heteroatoms. The van der Waals surface area contributed by atoms with Gasteiger partial charge in [0.1, 0.15) is 6.61 Å². The molecule has 0 aliphatic carbocycles. The van der Waals surface area contributed by atoms with Crippen LogP contribution in [0.2, 0.25) is 0 Å². The molecule has 0 atom stereocenters. The first-order chi connectivity index (χ1) is 7.19. The molecule has 0 saturated heterocycles. The maximum absolute atomic E-state index is 10.6. The molecule has 0 bridgehead atoms. The monoisotopic (exact) mass is 204 g/mol. The topological polar surface area (TPSA) is 76.2 Å². The Balaban J connectivity index is 3.10. The van der Waals surface area contributed by atoms with Gasteiger partial charge in [0.2, 0.25) is 0 Å². The van der Waals surface area contributed by atoms with E-state index < -0.39 is 4.92 Å². The van der Waals surface area contributed by atoms with Crippen LogP contribution in [0.3, 0.4) is 0 Å². The van der Waals surface area contributed by atoms with Crippen molar-refractivity contribution < 1.29 is 9.66 Å². The minimum Gasteiger partial charge on any atom is -0.483 e. The van der Waals surface area contributed by atoms with Gasteiger partial charge in [-0.05, 0) is 12.1 Å². The van der Waals surface area contributed by atoms with Crippen LogP contribution in [0.25, 0.3) is 0 Å². The van der Waals surface area contributed by atoms with Crippen molar-refractivity contribution in [2.24, 2.45) is 0 Å². The molecule has 0 aromatic heterocycles. The first kappa shape index (κ1) is 10.7. The van der Waals surface area contributed by atoms with Crippen molar-refractivity contribution in [3.8, 4) is 11.8 Å². The van der Waals surface area contributed by atoms with Gasteiger partial charge < -0.3 is 4.74 Å². The predicted molar refractivity (Wildman–Crippen MR) is 53.5 cm³/mol. The third-order valence-corrected chi connectivity index (χ3v) is 1.64. The second-order valence-electron chi connectivity index (χ2n) is 2.65. The summed E-state index contributed by atoms with van der Waals surface area (Å²) in [5, 5.41) is 19.2. The Labute approximate surface area is 86.4 Å². The van der Waals surface area contributed by atoms with Crippen LogP contribution in [-0.4, -0.2) is 11.5 Å². The van der Waals surface area contributed by atoms with Crippen molar-refractivity contribution in [3.63, 3.8) is 0 Å². The Hall–Kier alpha value is -2.35. The first-order valence-electron chi connectivity index (χ1n) is 4.11. The van der Waals surface area contributed by atoms with Crippen molar-refractivity contribution in [2.75, 3.05) is 6.61 Å². The molecule has 76 valence electrons. The first-order valence-corrected chi connectivity index (χ1v) is 4.11. The van der Waals surface area contributed by atoms with Crippen molar-refractivity contribution >= 4 is 5.69 Å². The lowest BCUT2D eigenvalue weighted by Gasteiger charge is -2.03. The number of hydrogen-bond donors (Lipinski definition) is 0. The molecular weight excluding hydrogens is 196 g/mol. The fourth-order valence-electron chi connectivity index (χ4n) is 1.00. The molecule has 0 saturated carbocycles. The largest absolute Gasteiger partial charge is 0.483 e. The molecule has 0 heterocycles. The number of nitro groups is 1. The summed E-state index contributed by atoms with van der Waals surface area (Å²) in [6.45, 7) is 3.62. The minimum absolute atomic E-state index is 0.138. The van der Waals surface area contributed by atoms with Crippen molar-refractivity contribution in [1.29, 1.82) is 5.26 Å².